The Kier molecular flexibility index (Phi) is 6.45. The van der Waals surface area contributed by atoms with Gasteiger partial charge in [-0.2, -0.15) is 5.10 Å². The van der Waals surface area contributed by atoms with Gasteiger partial charge in [0, 0.05) is 30.4 Å². The molecule has 0 radical (unpaired) electrons. The number of aromatic amines is 1. The summed E-state index contributed by atoms with van der Waals surface area (Å²) in [6.45, 7) is 0.968. The van der Waals surface area contributed by atoms with Gasteiger partial charge in [0.1, 0.15) is 5.82 Å². The molecule has 2 N–H and O–H groups in total. The van der Waals surface area contributed by atoms with Crippen molar-refractivity contribution >= 4 is 17.6 Å². The first-order valence-electron chi connectivity index (χ1n) is 11.0. The maximum absolute atomic E-state index is 13.1. The number of anilines is 1. The van der Waals surface area contributed by atoms with Crippen molar-refractivity contribution in [1.29, 1.82) is 0 Å². The van der Waals surface area contributed by atoms with E-state index in [9.17, 15) is 14.0 Å². The van der Waals surface area contributed by atoms with Gasteiger partial charge in [-0.3, -0.25) is 14.7 Å². The Morgan fingerprint density at radius 3 is 2.63 bits per heavy atom. The third-order valence-electron chi connectivity index (χ3n) is 6.29. The molecule has 2 aromatic rings. The summed E-state index contributed by atoms with van der Waals surface area (Å²) in [7, 11) is 0. The Bertz CT molecular complexity index is 874. The Labute approximate surface area is 176 Å². The SMILES string of the molecule is O=C(Nc1cc(CC2CCCCC2)[nH]n1)C1CCCN(C(=O)c2ccc(F)cc2)C1. The molecule has 1 unspecified atom stereocenters. The molecule has 0 spiro atoms. The highest BCUT2D eigenvalue weighted by Gasteiger charge is 2.29. The average molecular weight is 413 g/mol. The Balaban J connectivity index is 1.32. The van der Waals surface area contributed by atoms with Crippen LogP contribution in [0.3, 0.4) is 0 Å². The summed E-state index contributed by atoms with van der Waals surface area (Å²) in [6.07, 6.45) is 8.95. The van der Waals surface area contributed by atoms with Gasteiger partial charge in [0.2, 0.25) is 5.91 Å². The molecule has 1 aromatic heterocycles. The lowest BCUT2D eigenvalue weighted by Gasteiger charge is -2.32. The van der Waals surface area contributed by atoms with Gasteiger partial charge in [0.25, 0.3) is 5.91 Å². The highest BCUT2D eigenvalue weighted by molar-refractivity contribution is 5.96. The first kappa shape index (κ1) is 20.6. The molecule has 1 saturated carbocycles. The summed E-state index contributed by atoms with van der Waals surface area (Å²) in [4.78, 5) is 27.1. The van der Waals surface area contributed by atoms with Gasteiger partial charge in [0.15, 0.2) is 5.82 Å². The number of amides is 2. The van der Waals surface area contributed by atoms with E-state index in [2.05, 4.69) is 15.5 Å². The third kappa shape index (κ3) is 5.07. The number of benzene rings is 1. The largest absolute Gasteiger partial charge is 0.338 e. The number of carbonyl (C=O) groups is 2. The summed E-state index contributed by atoms with van der Waals surface area (Å²) in [5.74, 6) is 0.329. The number of hydrogen-bond acceptors (Lipinski definition) is 3. The number of halogens is 1. The van der Waals surface area contributed by atoms with Crippen molar-refractivity contribution in [1.82, 2.24) is 15.1 Å². The lowest BCUT2D eigenvalue weighted by Crippen LogP contribution is -2.43. The highest BCUT2D eigenvalue weighted by Crippen LogP contribution is 2.27. The Morgan fingerprint density at radius 2 is 1.87 bits per heavy atom. The molecular weight excluding hydrogens is 383 g/mol. The lowest BCUT2D eigenvalue weighted by atomic mass is 9.86. The number of hydrogen-bond donors (Lipinski definition) is 2. The van der Waals surface area contributed by atoms with Crippen molar-refractivity contribution in [3.05, 3.63) is 47.4 Å². The Morgan fingerprint density at radius 1 is 1.10 bits per heavy atom. The summed E-state index contributed by atoms with van der Waals surface area (Å²) in [6, 6.07) is 7.46. The van der Waals surface area contributed by atoms with Crippen LogP contribution in [0.2, 0.25) is 0 Å². The highest BCUT2D eigenvalue weighted by atomic mass is 19.1. The first-order valence-corrected chi connectivity index (χ1v) is 11.0. The second kappa shape index (κ2) is 9.41. The second-order valence-corrected chi connectivity index (χ2v) is 8.57. The number of nitrogens with one attached hydrogen (secondary N) is 2. The van der Waals surface area contributed by atoms with Crippen LogP contribution >= 0.6 is 0 Å². The number of rotatable bonds is 5. The molecule has 0 bridgehead atoms. The topological polar surface area (TPSA) is 78.1 Å². The first-order chi connectivity index (χ1) is 14.6. The molecule has 1 saturated heterocycles. The van der Waals surface area contributed by atoms with Crippen molar-refractivity contribution in [2.45, 2.75) is 51.4 Å². The molecular formula is C23H29FN4O2. The minimum atomic E-state index is -0.371. The molecule has 2 heterocycles. The number of piperidine rings is 1. The van der Waals surface area contributed by atoms with E-state index in [1.165, 1.54) is 56.4 Å². The van der Waals surface area contributed by atoms with Crippen LogP contribution in [0.1, 0.15) is 61.0 Å². The quantitative estimate of drug-likeness (QED) is 0.774. The van der Waals surface area contributed by atoms with Gasteiger partial charge < -0.3 is 10.2 Å². The summed E-state index contributed by atoms with van der Waals surface area (Å²) >= 11 is 0. The zero-order valence-electron chi connectivity index (χ0n) is 17.2. The molecule has 1 aliphatic carbocycles. The van der Waals surface area contributed by atoms with Crippen molar-refractivity contribution in [2.75, 3.05) is 18.4 Å². The lowest BCUT2D eigenvalue weighted by molar-refractivity contribution is -0.121. The minimum absolute atomic E-state index is 0.109. The van der Waals surface area contributed by atoms with Gasteiger partial charge >= 0.3 is 0 Å². The van der Waals surface area contributed by atoms with E-state index in [0.29, 0.717) is 30.4 Å². The van der Waals surface area contributed by atoms with Gasteiger partial charge in [-0.05, 0) is 49.4 Å². The van der Waals surface area contributed by atoms with E-state index in [1.54, 1.807) is 4.90 Å². The zero-order valence-corrected chi connectivity index (χ0v) is 17.2. The third-order valence-corrected chi connectivity index (χ3v) is 6.29. The van der Waals surface area contributed by atoms with Crippen LogP contribution in [0.25, 0.3) is 0 Å². The van der Waals surface area contributed by atoms with Crippen molar-refractivity contribution < 1.29 is 14.0 Å². The van der Waals surface area contributed by atoms with Crippen LogP contribution in [0, 0.1) is 17.7 Å². The van der Waals surface area contributed by atoms with Crippen molar-refractivity contribution in [2.24, 2.45) is 11.8 Å². The molecule has 160 valence electrons. The van der Waals surface area contributed by atoms with Gasteiger partial charge in [-0.15, -0.1) is 0 Å². The number of H-pyrrole nitrogens is 1. The normalized spacial score (nSPS) is 20.2. The molecule has 6 nitrogen and oxygen atoms in total. The fourth-order valence-electron chi connectivity index (χ4n) is 4.61. The van der Waals surface area contributed by atoms with Crippen LogP contribution in [-0.2, 0) is 11.2 Å². The minimum Gasteiger partial charge on any atom is -0.338 e. The monoisotopic (exact) mass is 412 g/mol. The van der Waals surface area contributed by atoms with Gasteiger partial charge in [-0.25, -0.2) is 4.39 Å². The fourth-order valence-corrected chi connectivity index (χ4v) is 4.61. The molecule has 1 aliphatic heterocycles. The number of likely N-dealkylation sites (tertiary alicyclic amines) is 1. The van der Waals surface area contributed by atoms with Crippen LogP contribution in [0.4, 0.5) is 10.2 Å². The molecule has 4 rings (SSSR count). The van der Waals surface area contributed by atoms with E-state index >= 15 is 0 Å². The molecule has 2 aliphatic rings. The second-order valence-electron chi connectivity index (χ2n) is 8.57. The van der Waals surface area contributed by atoms with E-state index in [4.69, 9.17) is 0 Å². The summed E-state index contributed by atoms with van der Waals surface area (Å²) < 4.78 is 13.1. The summed E-state index contributed by atoms with van der Waals surface area (Å²) in [5.41, 5.74) is 1.51. The van der Waals surface area contributed by atoms with E-state index in [-0.39, 0.29) is 23.5 Å². The van der Waals surface area contributed by atoms with Crippen LogP contribution < -0.4 is 5.32 Å². The molecule has 2 fully saturated rings. The number of carbonyl (C=O) groups excluding carboxylic acids is 2. The number of aromatic nitrogens is 2. The summed E-state index contributed by atoms with van der Waals surface area (Å²) in [5, 5.41) is 10.2. The van der Waals surface area contributed by atoms with Crippen molar-refractivity contribution in [3.63, 3.8) is 0 Å². The Hall–Kier alpha value is -2.70. The van der Waals surface area contributed by atoms with Gasteiger partial charge in [-0.1, -0.05) is 32.1 Å². The molecule has 1 aromatic carbocycles. The molecule has 1 atom stereocenters. The van der Waals surface area contributed by atoms with Crippen LogP contribution in [0.5, 0.6) is 0 Å². The van der Waals surface area contributed by atoms with Crippen LogP contribution in [-0.4, -0.2) is 40.0 Å². The van der Waals surface area contributed by atoms with Gasteiger partial charge in [0.05, 0.1) is 5.92 Å². The van der Waals surface area contributed by atoms with E-state index in [1.807, 2.05) is 6.07 Å². The predicted molar refractivity (Wildman–Crippen MR) is 113 cm³/mol. The maximum Gasteiger partial charge on any atom is 0.253 e. The van der Waals surface area contributed by atoms with E-state index in [0.717, 1.165) is 25.0 Å². The number of nitrogens with zero attached hydrogens (tertiary/aromatic N) is 2. The zero-order chi connectivity index (χ0) is 20.9. The molecule has 2 amide bonds. The molecule has 30 heavy (non-hydrogen) atoms. The maximum atomic E-state index is 13.1. The van der Waals surface area contributed by atoms with Crippen LogP contribution in [0.15, 0.2) is 30.3 Å². The average Bonchev–Trinajstić information content (AvgIpc) is 3.21. The molecule has 7 heteroatoms. The van der Waals surface area contributed by atoms with Crippen molar-refractivity contribution in [3.8, 4) is 0 Å². The fraction of sp³-hybridized carbons (Fsp3) is 0.522. The smallest absolute Gasteiger partial charge is 0.253 e. The van der Waals surface area contributed by atoms with E-state index < -0.39 is 0 Å². The standard InChI is InChI=1S/C23H29FN4O2/c24-19-10-8-17(9-11-19)23(30)28-12-4-7-18(15-28)22(29)25-21-14-20(26-27-21)13-16-5-2-1-3-6-16/h8-11,14,16,18H,1-7,12-13,15H2,(H2,25,26,27,29). The predicted octanol–water partition coefficient (Wildman–Crippen LogP) is 4.16.